The van der Waals surface area contributed by atoms with Crippen molar-refractivity contribution in [2.75, 3.05) is 19.6 Å². The Kier molecular flexibility index (Phi) is 10.1. The largest absolute Gasteiger partial charge is 0.477 e. The minimum absolute atomic E-state index is 0.0552. The van der Waals surface area contributed by atoms with E-state index in [4.69, 9.17) is 9.47 Å². The Morgan fingerprint density at radius 2 is 1.51 bits per heavy atom. The van der Waals surface area contributed by atoms with E-state index < -0.39 is 45.3 Å². The second-order valence-corrected chi connectivity index (χ2v) is 13.8. The molecule has 0 spiro atoms. The summed E-state index contributed by atoms with van der Waals surface area (Å²) in [5, 5.41) is 34.0. The van der Waals surface area contributed by atoms with Gasteiger partial charge in [-0.2, -0.15) is 0 Å². The summed E-state index contributed by atoms with van der Waals surface area (Å²) in [5.74, 6) is -1.87. The van der Waals surface area contributed by atoms with Gasteiger partial charge in [-0.15, -0.1) is 11.8 Å². The van der Waals surface area contributed by atoms with E-state index in [0.29, 0.717) is 28.9 Å². The molecule has 0 bridgehead atoms. The summed E-state index contributed by atoms with van der Waals surface area (Å²) in [7, 11) is 0. The van der Waals surface area contributed by atoms with E-state index in [9.17, 15) is 49.3 Å². The van der Waals surface area contributed by atoms with Gasteiger partial charge in [0.2, 0.25) is 11.8 Å². The van der Waals surface area contributed by atoms with Crippen molar-refractivity contribution >= 4 is 53.1 Å². The number of carbonyl (C=O) groups is 5. The lowest BCUT2D eigenvalue weighted by Crippen LogP contribution is -2.49. The maximum absolute atomic E-state index is 13.9. The second kappa shape index (κ2) is 14.6. The molecule has 4 aliphatic rings. The van der Waals surface area contributed by atoms with Crippen molar-refractivity contribution in [3.63, 3.8) is 0 Å². The van der Waals surface area contributed by atoms with Crippen LogP contribution in [0.25, 0.3) is 0 Å². The summed E-state index contributed by atoms with van der Waals surface area (Å²) in [6, 6.07) is 9.40. The predicted octanol–water partition coefficient (Wildman–Crippen LogP) is 3.14. The molecule has 6 rings (SSSR count). The second-order valence-electron chi connectivity index (χ2n) is 12.4. The fourth-order valence-electron chi connectivity index (χ4n) is 6.55. The van der Waals surface area contributed by atoms with Crippen LogP contribution in [-0.4, -0.2) is 103 Å². The summed E-state index contributed by atoms with van der Waals surface area (Å²) in [5.41, 5.74) is 0.752. The topological polar surface area (TPSA) is 232 Å². The number of likely N-dealkylation sites (tertiary alicyclic amines) is 2. The quantitative estimate of drug-likeness (QED) is 0.193. The highest BCUT2D eigenvalue weighted by atomic mass is 32.2. The summed E-state index contributed by atoms with van der Waals surface area (Å²) >= 11 is 1.23. The molecule has 51 heavy (non-hydrogen) atoms. The summed E-state index contributed by atoms with van der Waals surface area (Å²) in [6.45, 7) is 0.137. The number of β-lactam (4-membered cyclic amide) rings is 1. The van der Waals surface area contributed by atoms with Crippen LogP contribution in [-0.2, 0) is 37.1 Å². The lowest BCUT2D eigenvalue weighted by molar-refractivity contribution is -0.385. The third-order valence-corrected chi connectivity index (χ3v) is 10.4. The molecule has 3 saturated heterocycles. The molecule has 2 aromatic rings. The molecule has 0 saturated carbocycles. The van der Waals surface area contributed by atoms with Gasteiger partial charge in [-0.05, 0) is 48.2 Å². The molecule has 4 aliphatic heterocycles. The molecular weight excluding hydrogens is 692 g/mol. The van der Waals surface area contributed by atoms with Gasteiger partial charge in [-0.25, -0.2) is 14.4 Å². The number of ether oxygens (including phenoxy) is 2. The highest BCUT2D eigenvalue weighted by molar-refractivity contribution is 8.03. The number of non-ortho nitro benzene ring substituents is 2. The smallest absolute Gasteiger partial charge is 0.410 e. The minimum Gasteiger partial charge on any atom is -0.477 e. The van der Waals surface area contributed by atoms with Gasteiger partial charge in [-0.1, -0.05) is 0 Å². The number of benzene rings is 2. The number of carboxylic acid groups (broad SMARTS) is 1. The van der Waals surface area contributed by atoms with E-state index in [0.717, 1.165) is 0 Å². The first kappa shape index (κ1) is 35.1. The number of amides is 4. The number of nitro groups is 2. The summed E-state index contributed by atoms with van der Waals surface area (Å²) in [4.78, 5) is 89.4. The molecule has 4 atom stereocenters. The van der Waals surface area contributed by atoms with E-state index >= 15 is 0 Å². The lowest BCUT2D eigenvalue weighted by atomic mass is 10.0. The van der Waals surface area contributed by atoms with Gasteiger partial charge in [0.15, 0.2) is 0 Å². The maximum Gasteiger partial charge on any atom is 0.410 e. The highest BCUT2D eigenvalue weighted by Gasteiger charge is 2.50. The average Bonchev–Trinajstić information content (AvgIpc) is 3.82. The van der Waals surface area contributed by atoms with Crippen LogP contribution >= 0.6 is 11.8 Å². The monoisotopic (exact) mass is 724 g/mol. The molecule has 4 amide bonds. The van der Waals surface area contributed by atoms with Crippen molar-refractivity contribution in [1.29, 1.82) is 0 Å². The Bertz CT molecular complexity index is 1800. The van der Waals surface area contributed by atoms with Crippen molar-refractivity contribution < 1.29 is 48.4 Å². The number of carbonyl (C=O) groups excluding carboxylic acids is 4. The Hall–Kier alpha value is -5.72. The number of hydrogen-bond donors (Lipinski definition) is 2. The van der Waals surface area contributed by atoms with E-state index in [-0.39, 0.29) is 80.6 Å². The van der Waals surface area contributed by atoms with Crippen LogP contribution in [0.3, 0.4) is 0 Å². The fourth-order valence-corrected chi connectivity index (χ4v) is 8.05. The van der Waals surface area contributed by atoms with E-state index in [1.165, 1.54) is 75.0 Å². The third kappa shape index (κ3) is 7.72. The number of fused-ring (bicyclic) bond motifs is 1. The van der Waals surface area contributed by atoms with Crippen molar-refractivity contribution in [3.8, 4) is 0 Å². The predicted molar refractivity (Wildman–Crippen MR) is 176 cm³/mol. The maximum atomic E-state index is 13.9. The Labute approximate surface area is 293 Å². The zero-order chi connectivity index (χ0) is 36.4. The number of rotatable bonds is 11. The first-order valence-electron chi connectivity index (χ1n) is 15.9. The van der Waals surface area contributed by atoms with Gasteiger partial charge in [0, 0.05) is 66.9 Å². The van der Waals surface area contributed by atoms with Gasteiger partial charge in [-0.3, -0.25) is 34.7 Å². The number of aliphatic carboxylic acids is 1. The van der Waals surface area contributed by atoms with E-state index in [1.807, 2.05) is 0 Å². The summed E-state index contributed by atoms with van der Waals surface area (Å²) < 4.78 is 10.8. The Balaban J connectivity index is 1.09. The first-order valence-corrected chi connectivity index (χ1v) is 16.8. The number of thioether (sulfide) groups is 1. The molecule has 0 radical (unpaired) electrons. The lowest BCUT2D eigenvalue weighted by Gasteiger charge is -2.34. The van der Waals surface area contributed by atoms with E-state index in [2.05, 4.69) is 5.32 Å². The molecular formula is C32H32N6O12S. The van der Waals surface area contributed by atoms with Crippen LogP contribution in [0.4, 0.5) is 21.0 Å². The minimum atomic E-state index is -1.22. The first-order chi connectivity index (χ1) is 24.4. The van der Waals surface area contributed by atoms with Gasteiger partial charge in [0.05, 0.1) is 21.9 Å². The van der Waals surface area contributed by atoms with Gasteiger partial charge in [0.25, 0.3) is 11.4 Å². The average molecular weight is 725 g/mol. The number of carboxylic acids is 1. The molecule has 0 aromatic heterocycles. The molecule has 1 unspecified atom stereocenters. The standard InChI is InChI=1S/C32H32N6O12S/c39-27-12-23-11-26(28(30(41)42)36(23)27)51-24-13-25(35(15-24)32(44)50-17-19-3-7-22(8-4-19)38(47)48)29(40)34-10-9-20(14-34)33-31(43)49-16-18-1-5-21(6-2-18)37(45)46/h1-8,20,23-25H,9-17H2,(H,33,43)(H,41,42)/t20-,23?,24+,25+/m1/s1. The number of nitrogens with zero attached hydrogens (tertiary/aromatic N) is 5. The van der Waals surface area contributed by atoms with Crippen LogP contribution < -0.4 is 5.32 Å². The van der Waals surface area contributed by atoms with Crippen molar-refractivity contribution in [3.05, 3.63) is 90.5 Å². The third-order valence-electron chi connectivity index (χ3n) is 9.11. The number of nitrogens with one attached hydrogen (secondary N) is 1. The van der Waals surface area contributed by atoms with Crippen molar-refractivity contribution in [2.45, 2.75) is 62.3 Å². The van der Waals surface area contributed by atoms with Crippen LogP contribution in [0.15, 0.2) is 59.1 Å². The Morgan fingerprint density at radius 1 is 0.902 bits per heavy atom. The number of nitro benzene ring substituents is 2. The highest BCUT2D eigenvalue weighted by Crippen LogP contribution is 2.46. The zero-order valence-corrected chi connectivity index (χ0v) is 27.7. The normalized spacial score (nSPS) is 22.4. The van der Waals surface area contributed by atoms with Crippen LogP contribution in [0.2, 0.25) is 0 Å². The molecule has 19 heteroatoms. The SMILES string of the molecule is O=C(N[C@@H]1CCN(C(=O)[C@@H]2C[C@H](SC3=C(C(=O)O)N4C(=O)CC4C3)CN2C(=O)OCc2ccc([N+](=O)[O-])cc2)C1)OCc1ccc([N+](=O)[O-])cc1. The van der Waals surface area contributed by atoms with Crippen molar-refractivity contribution in [2.24, 2.45) is 0 Å². The van der Waals surface area contributed by atoms with Crippen LogP contribution in [0, 0.1) is 20.2 Å². The van der Waals surface area contributed by atoms with Gasteiger partial charge in [0.1, 0.15) is 25.0 Å². The molecule has 268 valence electrons. The van der Waals surface area contributed by atoms with E-state index in [1.54, 1.807) is 0 Å². The molecule has 2 aromatic carbocycles. The molecule has 4 heterocycles. The van der Waals surface area contributed by atoms with Crippen LogP contribution in [0.5, 0.6) is 0 Å². The molecule has 0 aliphatic carbocycles. The number of alkyl carbamates (subject to hydrolysis) is 1. The fraction of sp³-hybridized carbons (Fsp3) is 0.406. The zero-order valence-electron chi connectivity index (χ0n) is 26.9. The van der Waals surface area contributed by atoms with Crippen molar-refractivity contribution in [1.82, 2.24) is 20.0 Å². The number of hydrogen-bond acceptors (Lipinski definition) is 12. The van der Waals surface area contributed by atoms with Gasteiger partial charge >= 0.3 is 18.2 Å². The summed E-state index contributed by atoms with van der Waals surface area (Å²) in [6.07, 6.45) is -0.314. The Morgan fingerprint density at radius 3 is 2.08 bits per heavy atom. The molecule has 2 N–H and O–H groups in total. The molecule has 18 nitrogen and oxygen atoms in total. The van der Waals surface area contributed by atoms with Gasteiger partial charge < -0.3 is 29.7 Å². The molecule has 3 fully saturated rings. The van der Waals surface area contributed by atoms with Crippen LogP contribution in [0.1, 0.15) is 36.8 Å².